The first-order valence-electron chi connectivity index (χ1n) is 3.65. The summed E-state index contributed by atoms with van der Waals surface area (Å²) in [5.41, 5.74) is 0. The van der Waals surface area contributed by atoms with Gasteiger partial charge in [-0.15, -0.1) is 0 Å². The molecule has 0 unspecified atom stereocenters. The average Bonchev–Trinajstić information content (AvgIpc) is 2.03. The zero-order chi connectivity index (χ0) is 9.68. The lowest BCUT2D eigenvalue weighted by Gasteiger charge is -2.03. The number of aromatic nitrogens is 2. The van der Waals surface area contributed by atoms with Crippen molar-refractivity contribution in [3.63, 3.8) is 0 Å². The molecule has 0 aliphatic rings. The predicted octanol–water partition coefficient (Wildman–Crippen LogP) is 2.56. The van der Waals surface area contributed by atoms with Gasteiger partial charge in [-0.05, 0) is 17.9 Å². The van der Waals surface area contributed by atoms with Gasteiger partial charge in [0.25, 0.3) is 0 Å². The van der Waals surface area contributed by atoms with Crippen LogP contribution in [0.2, 0.25) is 10.4 Å². The third kappa shape index (κ3) is 4.02. The molecule has 0 aliphatic carbocycles. The van der Waals surface area contributed by atoms with Crippen molar-refractivity contribution >= 4 is 40.8 Å². The second-order valence-corrected chi connectivity index (χ2v) is 3.98. The number of thioether (sulfide) groups is 1. The lowest BCUT2D eigenvalue weighted by Crippen LogP contribution is -2.05. The Morgan fingerprint density at radius 2 is 2.23 bits per heavy atom. The van der Waals surface area contributed by atoms with Gasteiger partial charge in [0, 0.05) is 18.4 Å². The summed E-state index contributed by atoms with van der Waals surface area (Å²) >= 11 is 13.1. The van der Waals surface area contributed by atoms with E-state index >= 15 is 0 Å². The van der Waals surface area contributed by atoms with Crippen LogP contribution in [0.4, 0.5) is 5.82 Å². The molecule has 0 aliphatic heterocycles. The van der Waals surface area contributed by atoms with E-state index in [2.05, 4.69) is 15.3 Å². The molecule has 0 amide bonds. The fourth-order valence-electron chi connectivity index (χ4n) is 0.762. The summed E-state index contributed by atoms with van der Waals surface area (Å²) in [7, 11) is 0. The van der Waals surface area contributed by atoms with Crippen molar-refractivity contribution in [1.29, 1.82) is 0 Å². The summed E-state index contributed by atoms with van der Waals surface area (Å²) in [4.78, 5) is 7.69. The third-order valence-electron chi connectivity index (χ3n) is 1.28. The molecule has 0 saturated heterocycles. The Balaban J connectivity index is 2.56. The van der Waals surface area contributed by atoms with E-state index in [1.54, 1.807) is 17.8 Å². The Morgan fingerprint density at radius 1 is 1.46 bits per heavy atom. The second-order valence-electron chi connectivity index (χ2n) is 2.26. The summed E-state index contributed by atoms with van der Waals surface area (Å²) in [6, 6.07) is 1.65. The van der Waals surface area contributed by atoms with Gasteiger partial charge in [-0.25, -0.2) is 9.97 Å². The Labute approximate surface area is 91.2 Å². The molecule has 1 N–H and O–H groups in total. The van der Waals surface area contributed by atoms with Crippen LogP contribution in [-0.4, -0.2) is 28.5 Å². The molecule has 3 nitrogen and oxygen atoms in total. The molecule has 1 rings (SSSR count). The molecule has 0 radical (unpaired) electrons. The SMILES string of the molecule is CSCCNc1cc(Cl)nc(Cl)n1. The number of nitrogens with zero attached hydrogens (tertiary/aromatic N) is 2. The lowest BCUT2D eigenvalue weighted by atomic mass is 10.5. The van der Waals surface area contributed by atoms with E-state index < -0.39 is 0 Å². The van der Waals surface area contributed by atoms with Crippen LogP contribution in [0.15, 0.2) is 6.07 Å². The molecule has 0 bridgehead atoms. The maximum atomic E-state index is 5.68. The highest BCUT2D eigenvalue weighted by atomic mass is 35.5. The first-order valence-corrected chi connectivity index (χ1v) is 5.80. The van der Waals surface area contributed by atoms with Gasteiger partial charge in [0.1, 0.15) is 11.0 Å². The van der Waals surface area contributed by atoms with Crippen LogP contribution in [-0.2, 0) is 0 Å². The fourth-order valence-corrected chi connectivity index (χ4v) is 1.48. The van der Waals surface area contributed by atoms with E-state index in [1.165, 1.54) is 0 Å². The number of anilines is 1. The van der Waals surface area contributed by atoms with E-state index in [4.69, 9.17) is 23.2 Å². The van der Waals surface area contributed by atoms with Crippen LogP contribution in [0.1, 0.15) is 0 Å². The topological polar surface area (TPSA) is 37.8 Å². The standard InChI is InChI=1S/C7H9Cl2N3S/c1-13-3-2-10-6-4-5(8)11-7(9)12-6/h4H,2-3H2,1H3,(H,10,11,12). The molecule has 0 atom stereocenters. The quantitative estimate of drug-likeness (QED) is 0.497. The lowest BCUT2D eigenvalue weighted by molar-refractivity contribution is 1.12. The van der Waals surface area contributed by atoms with Gasteiger partial charge in [-0.1, -0.05) is 11.6 Å². The molecule has 72 valence electrons. The van der Waals surface area contributed by atoms with Crippen molar-refractivity contribution in [1.82, 2.24) is 9.97 Å². The summed E-state index contributed by atoms with van der Waals surface area (Å²) in [6.45, 7) is 0.838. The van der Waals surface area contributed by atoms with Gasteiger partial charge in [0.05, 0.1) is 0 Å². The molecule has 0 fully saturated rings. The Kier molecular flexibility index (Phi) is 4.62. The Hall–Kier alpha value is -0.190. The van der Waals surface area contributed by atoms with Crippen LogP contribution in [0.25, 0.3) is 0 Å². The van der Waals surface area contributed by atoms with E-state index in [-0.39, 0.29) is 5.28 Å². The van der Waals surface area contributed by atoms with Crippen molar-refractivity contribution in [2.75, 3.05) is 23.9 Å². The van der Waals surface area contributed by atoms with E-state index in [0.29, 0.717) is 11.0 Å². The highest BCUT2D eigenvalue weighted by Gasteiger charge is 1.99. The number of halogens is 2. The molecule has 1 aromatic rings. The minimum atomic E-state index is 0.166. The molecule has 0 spiro atoms. The van der Waals surface area contributed by atoms with E-state index in [0.717, 1.165) is 12.3 Å². The largest absolute Gasteiger partial charge is 0.369 e. The minimum Gasteiger partial charge on any atom is -0.369 e. The van der Waals surface area contributed by atoms with Crippen molar-refractivity contribution < 1.29 is 0 Å². The fraction of sp³-hybridized carbons (Fsp3) is 0.429. The molecular formula is C7H9Cl2N3S. The van der Waals surface area contributed by atoms with Crippen LogP contribution < -0.4 is 5.32 Å². The second kappa shape index (κ2) is 5.52. The van der Waals surface area contributed by atoms with Gasteiger partial charge >= 0.3 is 0 Å². The number of nitrogens with one attached hydrogen (secondary N) is 1. The Morgan fingerprint density at radius 3 is 2.85 bits per heavy atom. The van der Waals surface area contributed by atoms with Crippen LogP contribution >= 0.6 is 35.0 Å². The molecule has 1 aromatic heterocycles. The van der Waals surface area contributed by atoms with Gasteiger partial charge in [0.2, 0.25) is 5.28 Å². The van der Waals surface area contributed by atoms with Crippen molar-refractivity contribution in [2.24, 2.45) is 0 Å². The number of rotatable bonds is 4. The molecule has 6 heteroatoms. The maximum absolute atomic E-state index is 5.68. The first-order chi connectivity index (χ1) is 6.22. The summed E-state index contributed by atoms with van der Waals surface area (Å²) in [6.07, 6.45) is 2.04. The summed E-state index contributed by atoms with van der Waals surface area (Å²) < 4.78 is 0. The average molecular weight is 238 g/mol. The summed E-state index contributed by atoms with van der Waals surface area (Å²) in [5.74, 6) is 1.68. The third-order valence-corrected chi connectivity index (χ3v) is 2.25. The zero-order valence-corrected chi connectivity index (χ0v) is 9.38. The van der Waals surface area contributed by atoms with Gasteiger partial charge < -0.3 is 5.32 Å². The normalized spacial score (nSPS) is 10.1. The van der Waals surface area contributed by atoms with E-state index in [9.17, 15) is 0 Å². The van der Waals surface area contributed by atoms with E-state index in [1.807, 2.05) is 6.26 Å². The molecular weight excluding hydrogens is 229 g/mol. The number of hydrogen-bond donors (Lipinski definition) is 1. The number of hydrogen-bond acceptors (Lipinski definition) is 4. The zero-order valence-electron chi connectivity index (χ0n) is 7.05. The van der Waals surface area contributed by atoms with Crippen LogP contribution in [0.3, 0.4) is 0 Å². The van der Waals surface area contributed by atoms with Crippen molar-refractivity contribution in [2.45, 2.75) is 0 Å². The monoisotopic (exact) mass is 237 g/mol. The van der Waals surface area contributed by atoms with Crippen molar-refractivity contribution in [3.8, 4) is 0 Å². The predicted molar refractivity (Wildman–Crippen MR) is 58.9 cm³/mol. The van der Waals surface area contributed by atoms with Crippen LogP contribution in [0.5, 0.6) is 0 Å². The van der Waals surface area contributed by atoms with Gasteiger partial charge in [-0.2, -0.15) is 11.8 Å². The molecule has 13 heavy (non-hydrogen) atoms. The summed E-state index contributed by atoms with van der Waals surface area (Å²) in [5, 5.41) is 3.61. The highest BCUT2D eigenvalue weighted by Crippen LogP contribution is 2.13. The first kappa shape index (κ1) is 10.9. The molecule has 0 saturated carbocycles. The molecule has 0 aromatic carbocycles. The Bertz CT molecular complexity index is 262. The molecule has 1 heterocycles. The maximum Gasteiger partial charge on any atom is 0.225 e. The van der Waals surface area contributed by atoms with Crippen LogP contribution in [0, 0.1) is 0 Å². The minimum absolute atomic E-state index is 0.166. The van der Waals surface area contributed by atoms with Gasteiger partial charge in [-0.3, -0.25) is 0 Å². The smallest absolute Gasteiger partial charge is 0.225 e. The van der Waals surface area contributed by atoms with Crippen molar-refractivity contribution in [3.05, 3.63) is 16.5 Å². The van der Waals surface area contributed by atoms with Gasteiger partial charge in [0.15, 0.2) is 0 Å². The highest BCUT2D eigenvalue weighted by molar-refractivity contribution is 7.98.